The number of H-pyrrole nitrogens is 1. The Morgan fingerprint density at radius 1 is 1.12 bits per heavy atom. The SMILES string of the molecule is C=C.CCSO.CS(=O)N1CC2(CN(c3ccc(-c4n[nH]c5ccc(OCc6c(Cl)cncc6Cl)cc45)cn3)C2)C1. The number of aromatic nitrogens is 4. The average molecular weight is 636 g/mol. The first-order valence-corrected chi connectivity index (χ1v) is 16.0. The number of pyridine rings is 2. The van der Waals surface area contributed by atoms with Crippen molar-refractivity contribution in [2.45, 2.75) is 13.5 Å². The molecule has 1 spiro atoms. The Morgan fingerprint density at radius 3 is 2.39 bits per heavy atom. The lowest BCUT2D eigenvalue weighted by Crippen LogP contribution is -2.72. The number of ether oxygens (including phenoxy) is 1. The fraction of sp³-hybridized carbons (Fsp3) is 0.321. The van der Waals surface area contributed by atoms with Gasteiger partial charge in [-0.3, -0.25) is 10.1 Å². The number of fused-ring (bicyclic) bond motifs is 1. The molecule has 1 aromatic carbocycles. The van der Waals surface area contributed by atoms with E-state index in [9.17, 15) is 4.21 Å². The first kappa shape index (κ1) is 31.3. The molecular weight excluding hydrogens is 603 g/mol. The molecule has 2 saturated heterocycles. The molecule has 2 aliphatic rings. The number of aromatic amines is 1. The van der Waals surface area contributed by atoms with Crippen LogP contribution in [0.1, 0.15) is 12.5 Å². The lowest BCUT2D eigenvalue weighted by molar-refractivity contribution is 0.0434. The Kier molecular flexibility index (Phi) is 10.7. The van der Waals surface area contributed by atoms with Crippen LogP contribution >= 0.6 is 35.2 Å². The number of hydrogen-bond donors (Lipinski definition) is 2. The summed E-state index contributed by atoms with van der Waals surface area (Å²) >= 11 is 13.3. The summed E-state index contributed by atoms with van der Waals surface area (Å²) < 4.78 is 27.3. The van der Waals surface area contributed by atoms with E-state index in [2.05, 4.69) is 33.2 Å². The van der Waals surface area contributed by atoms with E-state index in [1.165, 1.54) is 0 Å². The zero-order valence-electron chi connectivity index (χ0n) is 22.8. The van der Waals surface area contributed by atoms with Gasteiger partial charge in [0.1, 0.15) is 23.9 Å². The van der Waals surface area contributed by atoms with Crippen LogP contribution < -0.4 is 9.64 Å². The molecule has 0 radical (unpaired) electrons. The molecule has 41 heavy (non-hydrogen) atoms. The maximum atomic E-state index is 11.6. The molecule has 0 aliphatic carbocycles. The Labute approximate surface area is 256 Å². The van der Waals surface area contributed by atoms with Gasteiger partial charge in [-0.05, 0) is 42.4 Å². The number of nitrogens with zero attached hydrogens (tertiary/aromatic N) is 5. The Morgan fingerprint density at radius 2 is 1.80 bits per heavy atom. The summed E-state index contributed by atoms with van der Waals surface area (Å²) in [5.41, 5.74) is 3.60. The molecule has 6 rings (SSSR count). The fourth-order valence-corrected chi connectivity index (χ4v) is 6.14. The van der Waals surface area contributed by atoms with Crippen LogP contribution in [0.4, 0.5) is 5.82 Å². The molecule has 4 aromatic rings. The van der Waals surface area contributed by atoms with Gasteiger partial charge in [0, 0.05) is 78.7 Å². The number of anilines is 1. The summed E-state index contributed by atoms with van der Waals surface area (Å²) in [7, 11) is -0.875. The zero-order chi connectivity index (χ0) is 29.6. The molecule has 0 bridgehead atoms. The minimum Gasteiger partial charge on any atom is -0.489 e. The second kappa shape index (κ2) is 14.0. The predicted octanol–water partition coefficient (Wildman–Crippen LogP) is 6.34. The highest BCUT2D eigenvalue weighted by atomic mass is 35.5. The molecule has 0 saturated carbocycles. The highest BCUT2D eigenvalue weighted by Gasteiger charge is 2.53. The van der Waals surface area contributed by atoms with E-state index in [1.54, 1.807) is 18.6 Å². The van der Waals surface area contributed by atoms with Crippen molar-refractivity contribution in [3.05, 3.63) is 77.7 Å². The second-order valence-electron chi connectivity index (χ2n) is 9.55. The van der Waals surface area contributed by atoms with Crippen molar-refractivity contribution in [3.8, 4) is 17.0 Å². The summed E-state index contributed by atoms with van der Waals surface area (Å²) in [6.45, 7) is 11.8. The average Bonchev–Trinajstić information content (AvgIpc) is 3.36. The minimum absolute atomic E-state index is 0.235. The third kappa shape index (κ3) is 7.04. The molecular formula is C28H32Cl2N6O3S2. The van der Waals surface area contributed by atoms with E-state index in [4.69, 9.17) is 37.5 Å². The molecule has 218 valence electrons. The van der Waals surface area contributed by atoms with Crippen LogP contribution in [-0.4, -0.2) is 71.4 Å². The molecule has 0 amide bonds. The molecule has 13 heteroatoms. The van der Waals surface area contributed by atoms with Crippen LogP contribution in [0.25, 0.3) is 22.2 Å². The number of hydrogen-bond acceptors (Lipinski definition) is 8. The van der Waals surface area contributed by atoms with Crippen LogP contribution in [0.3, 0.4) is 0 Å². The van der Waals surface area contributed by atoms with Gasteiger partial charge in [0.25, 0.3) is 0 Å². The Balaban J connectivity index is 0.000000596. The summed E-state index contributed by atoms with van der Waals surface area (Å²) in [6, 6.07) is 9.84. The summed E-state index contributed by atoms with van der Waals surface area (Å²) in [5.74, 6) is 2.42. The largest absolute Gasteiger partial charge is 0.489 e. The van der Waals surface area contributed by atoms with Crippen molar-refractivity contribution in [2.75, 3.05) is 43.1 Å². The van der Waals surface area contributed by atoms with Crippen LogP contribution in [0.2, 0.25) is 10.0 Å². The van der Waals surface area contributed by atoms with Gasteiger partial charge in [-0.2, -0.15) is 5.10 Å². The summed E-state index contributed by atoms with van der Waals surface area (Å²) in [6.07, 6.45) is 6.70. The lowest BCUT2D eigenvalue weighted by Gasteiger charge is -2.59. The van der Waals surface area contributed by atoms with Gasteiger partial charge in [0.2, 0.25) is 0 Å². The van der Waals surface area contributed by atoms with Crippen molar-refractivity contribution >= 4 is 63.0 Å². The maximum absolute atomic E-state index is 11.6. The van der Waals surface area contributed by atoms with E-state index in [0.717, 1.165) is 72.0 Å². The molecule has 1 atom stereocenters. The highest BCUT2D eigenvalue weighted by molar-refractivity contribution is 7.93. The smallest absolute Gasteiger partial charge is 0.128 e. The fourth-order valence-electron chi connectivity index (χ4n) is 4.76. The molecule has 2 fully saturated rings. The van der Waals surface area contributed by atoms with Crippen molar-refractivity contribution < 1.29 is 13.5 Å². The van der Waals surface area contributed by atoms with Gasteiger partial charge in [0.15, 0.2) is 0 Å². The van der Waals surface area contributed by atoms with Crippen LogP contribution in [-0.2, 0) is 17.6 Å². The predicted molar refractivity (Wildman–Crippen MR) is 170 cm³/mol. The highest BCUT2D eigenvalue weighted by Crippen LogP contribution is 2.42. The Hall–Kier alpha value is -2.67. The third-order valence-corrected chi connectivity index (χ3v) is 8.68. The molecule has 9 nitrogen and oxygen atoms in total. The van der Waals surface area contributed by atoms with Gasteiger partial charge >= 0.3 is 0 Å². The molecule has 5 heterocycles. The van der Waals surface area contributed by atoms with E-state index in [0.29, 0.717) is 21.4 Å². The first-order valence-electron chi connectivity index (χ1n) is 12.8. The van der Waals surface area contributed by atoms with Crippen molar-refractivity contribution in [1.29, 1.82) is 0 Å². The number of rotatable bonds is 7. The number of halogens is 2. The maximum Gasteiger partial charge on any atom is 0.128 e. The van der Waals surface area contributed by atoms with Gasteiger partial charge in [0.05, 0.1) is 26.5 Å². The molecule has 2 aliphatic heterocycles. The third-order valence-electron chi connectivity index (χ3n) is 6.78. The second-order valence-corrected chi connectivity index (χ2v) is 12.6. The van der Waals surface area contributed by atoms with Gasteiger partial charge < -0.3 is 14.2 Å². The quantitative estimate of drug-likeness (QED) is 0.179. The van der Waals surface area contributed by atoms with E-state index in [1.807, 2.05) is 47.8 Å². The first-order chi connectivity index (χ1) is 19.8. The van der Waals surface area contributed by atoms with E-state index >= 15 is 0 Å². The van der Waals surface area contributed by atoms with Crippen LogP contribution in [0.15, 0.2) is 62.1 Å². The van der Waals surface area contributed by atoms with Gasteiger partial charge in [-0.15, -0.1) is 13.2 Å². The number of benzene rings is 1. The van der Waals surface area contributed by atoms with Crippen LogP contribution in [0, 0.1) is 5.41 Å². The van der Waals surface area contributed by atoms with Crippen molar-refractivity contribution in [1.82, 2.24) is 24.5 Å². The monoisotopic (exact) mass is 634 g/mol. The topological polar surface area (TPSA) is 107 Å². The van der Waals surface area contributed by atoms with E-state index < -0.39 is 11.0 Å². The Bertz CT molecular complexity index is 1470. The number of nitrogens with one attached hydrogen (secondary N) is 1. The summed E-state index contributed by atoms with van der Waals surface area (Å²) in [4.78, 5) is 10.9. The van der Waals surface area contributed by atoms with Crippen molar-refractivity contribution in [2.24, 2.45) is 5.41 Å². The molecule has 2 N–H and O–H groups in total. The van der Waals surface area contributed by atoms with Gasteiger partial charge in [-0.25, -0.2) is 13.5 Å². The molecule has 1 unspecified atom stereocenters. The van der Waals surface area contributed by atoms with E-state index in [-0.39, 0.29) is 12.0 Å². The zero-order valence-corrected chi connectivity index (χ0v) is 26.0. The van der Waals surface area contributed by atoms with Gasteiger partial charge in [-0.1, -0.05) is 30.1 Å². The summed E-state index contributed by atoms with van der Waals surface area (Å²) in [5, 5.41) is 9.47. The van der Waals surface area contributed by atoms with Crippen LogP contribution in [0.5, 0.6) is 5.75 Å². The molecule has 3 aromatic heterocycles. The lowest BCUT2D eigenvalue weighted by atomic mass is 9.74. The van der Waals surface area contributed by atoms with Crippen molar-refractivity contribution in [3.63, 3.8) is 0 Å². The normalized spacial score (nSPS) is 16.1. The standard InChI is InChI=1S/C24H22Cl2N6O2S.C2H6OS.C2H4/c1-35(33)32-13-24(14-32)11-31(12-24)22-5-2-15(7-28-22)23-17-6-16(3-4-21(17)29-30-23)34-10-18-19(25)8-27-9-20(18)26;1-2-4-3;1-2/h2-9H,10-14H2,1H3,(H,29,30);3H,2H2,1H3;1-2H2. The minimum atomic E-state index is -0.875.